The summed E-state index contributed by atoms with van der Waals surface area (Å²) in [6, 6.07) is 7.11. The lowest BCUT2D eigenvalue weighted by Crippen LogP contribution is -2.48. The first-order valence-electron chi connectivity index (χ1n) is 9.32. The summed E-state index contributed by atoms with van der Waals surface area (Å²) in [4.78, 5) is 6.48. The molecule has 1 fully saturated rings. The van der Waals surface area contributed by atoms with Gasteiger partial charge in [-0.05, 0) is 35.9 Å². The second-order valence-corrected chi connectivity index (χ2v) is 10.2. The van der Waals surface area contributed by atoms with Crippen molar-refractivity contribution in [1.82, 2.24) is 9.29 Å². The summed E-state index contributed by atoms with van der Waals surface area (Å²) in [5.41, 5.74) is 1.34. The lowest BCUT2D eigenvalue weighted by Gasteiger charge is -2.33. The minimum Gasteiger partial charge on any atom is -0.345 e. The Labute approximate surface area is 186 Å². The number of halogens is 4. The van der Waals surface area contributed by atoms with Gasteiger partial charge in [-0.25, -0.2) is 26.6 Å². The number of piperazine rings is 1. The van der Waals surface area contributed by atoms with Crippen LogP contribution in [-0.4, -0.2) is 43.9 Å². The van der Waals surface area contributed by atoms with E-state index in [0.29, 0.717) is 25.1 Å². The van der Waals surface area contributed by atoms with E-state index in [1.54, 1.807) is 0 Å². The Bertz CT molecular complexity index is 1210. The van der Waals surface area contributed by atoms with E-state index in [4.69, 9.17) is 11.6 Å². The van der Waals surface area contributed by atoms with Crippen LogP contribution in [0.4, 0.5) is 18.3 Å². The Balaban J connectivity index is 1.41. The van der Waals surface area contributed by atoms with Crippen LogP contribution >= 0.6 is 22.9 Å². The van der Waals surface area contributed by atoms with Crippen molar-refractivity contribution in [1.29, 1.82) is 0 Å². The van der Waals surface area contributed by atoms with Gasteiger partial charge in [-0.1, -0.05) is 17.7 Å². The molecule has 0 saturated carbocycles. The van der Waals surface area contributed by atoms with Crippen molar-refractivity contribution in [3.63, 3.8) is 0 Å². The predicted molar refractivity (Wildman–Crippen MR) is 114 cm³/mol. The molecule has 31 heavy (non-hydrogen) atoms. The van der Waals surface area contributed by atoms with Gasteiger partial charge >= 0.3 is 0 Å². The molecule has 164 valence electrons. The molecule has 2 aromatic carbocycles. The van der Waals surface area contributed by atoms with Crippen molar-refractivity contribution in [2.24, 2.45) is 0 Å². The quantitative estimate of drug-likeness (QED) is 0.538. The maximum Gasteiger partial charge on any atom is 0.243 e. The van der Waals surface area contributed by atoms with Gasteiger partial charge in [0.25, 0.3) is 0 Å². The van der Waals surface area contributed by atoms with Crippen molar-refractivity contribution in [3.8, 4) is 0 Å². The van der Waals surface area contributed by atoms with E-state index in [1.165, 1.54) is 27.8 Å². The lowest BCUT2D eigenvalue weighted by atomic mass is 10.1. The minimum atomic E-state index is -3.78. The maximum absolute atomic E-state index is 13.4. The zero-order valence-electron chi connectivity index (χ0n) is 16.1. The van der Waals surface area contributed by atoms with Gasteiger partial charge in [0.05, 0.1) is 15.6 Å². The molecule has 1 aromatic heterocycles. The molecule has 11 heteroatoms. The fourth-order valence-electron chi connectivity index (χ4n) is 3.29. The first-order valence-corrected chi connectivity index (χ1v) is 12.0. The highest BCUT2D eigenvalue weighted by atomic mass is 35.5. The van der Waals surface area contributed by atoms with Crippen molar-refractivity contribution in [3.05, 3.63) is 75.5 Å². The minimum absolute atomic E-state index is 0.0459. The van der Waals surface area contributed by atoms with Crippen LogP contribution in [0, 0.1) is 17.5 Å². The molecular weight excluding hydrogens is 471 g/mol. The van der Waals surface area contributed by atoms with E-state index in [9.17, 15) is 21.6 Å². The smallest absolute Gasteiger partial charge is 0.243 e. The number of hydrogen-bond acceptors (Lipinski definition) is 5. The Morgan fingerprint density at radius 2 is 1.68 bits per heavy atom. The predicted octanol–water partition coefficient (Wildman–Crippen LogP) is 4.32. The number of rotatable bonds is 5. The third-order valence-corrected chi connectivity index (χ3v) is 8.08. The van der Waals surface area contributed by atoms with Gasteiger partial charge in [-0.15, -0.1) is 11.3 Å². The highest BCUT2D eigenvalue weighted by molar-refractivity contribution is 7.89. The molecule has 0 amide bonds. The van der Waals surface area contributed by atoms with Crippen LogP contribution in [0.1, 0.15) is 11.3 Å². The largest absolute Gasteiger partial charge is 0.345 e. The van der Waals surface area contributed by atoms with Gasteiger partial charge in [0.15, 0.2) is 16.8 Å². The number of aromatic nitrogens is 1. The Morgan fingerprint density at radius 1 is 0.968 bits per heavy atom. The highest BCUT2D eigenvalue weighted by Crippen LogP contribution is 2.27. The molecule has 0 spiro atoms. The van der Waals surface area contributed by atoms with E-state index >= 15 is 0 Å². The van der Waals surface area contributed by atoms with Crippen molar-refractivity contribution in [2.45, 2.75) is 11.3 Å². The van der Waals surface area contributed by atoms with E-state index in [0.717, 1.165) is 35.1 Å². The van der Waals surface area contributed by atoms with Crippen LogP contribution in [-0.2, 0) is 16.4 Å². The molecular formula is C20H17ClF3N3O2S2. The van der Waals surface area contributed by atoms with Gasteiger partial charge in [0.2, 0.25) is 10.0 Å². The second kappa shape index (κ2) is 8.78. The zero-order valence-corrected chi connectivity index (χ0v) is 18.5. The van der Waals surface area contributed by atoms with Gasteiger partial charge in [0, 0.05) is 38.0 Å². The zero-order chi connectivity index (χ0) is 22.2. The number of hydrogen-bond donors (Lipinski definition) is 0. The average Bonchev–Trinajstić information content (AvgIpc) is 3.21. The summed E-state index contributed by atoms with van der Waals surface area (Å²) in [6.45, 7) is 1.36. The van der Waals surface area contributed by atoms with Gasteiger partial charge in [0.1, 0.15) is 5.82 Å². The fourth-order valence-corrected chi connectivity index (χ4v) is 5.86. The third-order valence-electron chi connectivity index (χ3n) is 4.95. The summed E-state index contributed by atoms with van der Waals surface area (Å²) in [5.74, 6) is -2.46. The van der Waals surface area contributed by atoms with Gasteiger partial charge < -0.3 is 4.90 Å². The van der Waals surface area contributed by atoms with Crippen molar-refractivity contribution in [2.75, 3.05) is 31.1 Å². The molecule has 0 N–H and O–H groups in total. The second-order valence-electron chi connectivity index (χ2n) is 7.01. The Kier molecular flexibility index (Phi) is 6.25. The summed E-state index contributed by atoms with van der Waals surface area (Å²) >= 11 is 7.14. The molecule has 1 aliphatic heterocycles. The molecule has 2 heterocycles. The number of thiazole rings is 1. The fraction of sp³-hybridized carbons (Fsp3) is 0.250. The summed E-state index contributed by atoms with van der Waals surface area (Å²) in [5, 5.41) is 2.34. The molecule has 1 saturated heterocycles. The summed E-state index contributed by atoms with van der Waals surface area (Å²) in [6.07, 6.45) is 0.368. The number of anilines is 1. The van der Waals surface area contributed by atoms with Crippen molar-refractivity contribution >= 4 is 38.1 Å². The first kappa shape index (κ1) is 22.1. The van der Waals surface area contributed by atoms with Crippen LogP contribution in [0.15, 0.2) is 46.7 Å². The monoisotopic (exact) mass is 487 g/mol. The topological polar surface area (TPSA) is 53.5 Å². The van der Waals surface area contributed by atoms with E-state index in [1.807, 2.05) is 10.3 Å². The van der Waals surface area contributed by atoms with Crippen LogP contribution < -0.4 is 4.90 Å². The molecule has 0 radical (unpaired) electrons. The molecule has 0 unspecified atom stereocenters. The highest BCUT2D eigenvalue weighted by Gasteiger charge is 2.30. The Hall–Kier alpha value is -2.14. The van der Waals surface area contributed by atoms with E-state index in [2.05, 4.69) is 4.98 Å². The SMILES string of the molecule is O=S(=O)(c1ccc(F)c(Cl)c1)N1CCN(c2nc(Cc3ccc(F)c(F)c3)cs2)CC1. The number of sulfonamides is 1. The summed E-state index contributed by atoms with van der Waals surface area (Å²) < 4.78 is 66.8. The van der Waals surface area contributed by atoms with E-state index < -0.39 is 27.5 Å². The molecule has 3 aromatic rings. The molecule has 1 aliphatic rings. The normalized spacial score (nSPS) is 15.4. The average molecular weight is 488 g/mol. The standard InChI is InChI=1S/C20H17ClF3N3O2S2/c21-16-11-15(2-4-17(16)22)31(28,29)27-7-5-26(6-8-27)20-25-14(12-30-20)9-13-1-3-18(23)19(24)10-13/h1-4,10-12H,5-9H2. The van der Waals surface area contributed by atoms with Crippen LogP contribution in [0.3, 0.4) is 0 Å². The molecule has 0 bridgehead atoms. The third kappa shape index (κ3) is 4.72. The molecule has 0 aliphatic carbocycles. The van der Waals surface area contributed by atoms with Gasteiger partial charge in [-0.2, -0.15) is 4.31 Å². The number of benzene rings is 2. The lowest BCUT2D eigenvalue weighted by molar-refractivity contribution is 0.384. The van der Waals surface area contributed by atoms with Gasteiger partial charge in [-0.3, -0.25) is 0 Å². The Morgan fingerprint density at radius 3 is 2.35 bits per heavy atom. The summed E-state index contributed by atoms with van der Waals surface area (Å²) in [7, 11) is -3.78. The number of nitrogens with zero attached hydrogens (tertiary/aromatic N) is 3. The van der Waals surface area contributed by atoms with Crippen LogP contribution in [0.5, 0.6) is 0 Å². The molecule has 0 atom stereocenters. The van der Waals surface area contributed by atoms with Crippen molar-refractivity contribution < 1.29 is 21.6 Å². The molecule has 5 nitrogen and oxygen atoms in total. The molecule has 4 rings (SSSR count). The maximum atomic E-state index is 13.4. The first-order chi connectivity index (χ1) is 14.7. The van der Waals surface area contributed by atoms with Crippen LogP contribution in [0.2, 0.25) is 5.02 Å². The van der Waals surface area contributed by atoms with Crippen LogP contribution in [0.25, 0.3) is 0 Å². The van der Waals surface area contributed by atoms with E-state index in [-0.39, 0.29) is 23.0 Å².